The average Bonchev–Trinajstić information content (AvgIpc) is 2.86. The highest BCUT2D eigenvalue weighted by atomic mass is 16.5. The van der Waals surface area contributed by atoms with Gasteiger partial charge in [-0.05, 0) is 31.4 Å². The molecule has 98 valence electrons. The number of pyridine rings is 1. The van der Waals surface area contributed by atoms with Crippen LogP contribution in [-0.2, 0) is 4.74 Å². The summed E-state index contributed by atoms with van der Waals surface area (Å²) in [6, 6.07) is 3.66. The predicted octanol–water partition coefficient (Wildman–Crippen LogP) is 1.42. The predicted molar refractivity (Wildman–Crippen MR) is 69.7 cm³/mol. The molecule has 2 atom stereocenters. The Morgan fingerprint density at radius 3 is 2.89 bits per heavy atom. The van der Waals surface area contributed by atoms with Crippen LogP contribution in [0.25, 0.3) is 0 Å². The molecule has 2 N–H and O–H groups in total. The molecule has 1 heterocycles. The first-order chi connectivity index (χ1) is 8.74. The van der Waals surface area contributed by atoms with Crippen molar-refractivity contribution in [2.24, 2.45) is 0 Å². The van der Waals surface area contributed by atoms with Crippen molar-refractivity contribution in [2.45, 2.75) is 31.4 Å². The quantitative estimate of drug-likeness (QED) is 0.847. The number of ether oxygens (including phenoxy) is 1. The molecular weight excluding hydrogens is 230 g/mol. The lowest BCUT2D eigenvalue weighted by Gasteiger charge is -2.19. The first-order valence-electron chi connectivity index (χ1n) is 6.22. The van der Waals surface area contributed by atoms with Crippen molar-refractivity contribution in [1.82, 2.24) is 10.3 Å². The molecule has 1 fully saturated rings. The van der Waals surface area contributed by atoms with Crippen LogP contribution in [0.5, 0.6) is 0 Å². The van der Waals surface area contributed by atoms with Gasteiger partial charge in [-0.2, -0.15) is 0 Å². The van der Waals surface area contributed by atoms with Gasteiger partial charge in [-0.25, -0.2) is 4.98 Å². The fourth-order valence-corrected chi connectivity index (χ4v) is 2.29. The lowest BCUT2D eigenvalue weighted by Crippen LogP contribution is -2.41. The number of methoxy groups -OCH3 is 1. The van der Waals surface area contributed by atoms with Crippen LogP contribution in [0, 0.1) is 0 Å². The molecule has 0 radical (unpaired) electrons. The monoisotopic (exact) mass is 249 g/mol. The first-order valence-corrected chi connectivity index (χ1v) is 6.22. The smallest absolute Gasteiger partial charge is 0.270 e. The van der Waals surface area contributed by atoms with Crippen molar-refractivity contribution >= 4 is 11.6 Å². The van der Waals surface area contributed by atoms with E-state index in [0.717, 1.165) is 24.9 Å². The summed E-state index contributed by atoms with van der Waals surface area (Å²) in [4.78, 5) is 16.1. The van der Waals surface area contributed by atoms with E-state index in [9.17, 15) is 4.79 Å². The Kier molecular flexibility index (Phi) is 4.15. The van der Waals surface area contributed by atoms with Crippen molar-refractivity contribution in [1.29, 1.82) is 0 Å². The fourth-order valence-electron chi connectivity index (χ4n) is 2.29. The third-order valence-corrected chi connectivity index (χ3v) is 3.36. The zero-order valence-electron chi connectivity index (χ0n) is 10.8. The number of nitrogens with zero attached hydrogens (tertiary/aromatic N) is 1. The summed E-state index contributed by atoms with van der Waals surface area (Å²) in [5, 5.41) is 5.95. The van der Waals surface area contributed by atoms with Gasteiger partial charge in [-0.3, -0.25) is 4.79 Å². The SMILES string of the molecule is CNc1ccc(C(=O)NC2CCCC2OC)nc1. The van der Waals surface area contributed by atoms with E-state index in [1.807, 2.05) is 13.1 Å². The molecule has 5 nitrogen and oxygen atoms in total. The van der Waals surface area contributed by atoms with E-state index in [2.05, 4.69) is 15.6 Å². The van der Waals surface area contributed by atoms with E-state index in [-0.39, 0.29) is 18.1 Å². The molecule has 1 aromatic rings. The molecule has 18 heavy (non-hydrogen) atoms. The van der Waals surface area contributed by atoms with Crippen molar-refractivity contribution in [3.8, 4) is 0 Å². The zero-order valence-corrected chi connectivity index (χ0v) is 10.8. The van der Waals surface area contributed by atoms with Gasteiger partial charge in [0.2, 0.25) is 0 Å². The van der Waals surface area contributed by atoms with Crippen LogP contribution in [0.1, 0.15) is 29.8 Å². The summed E-state index contributed by atoms with van der Waals surface area (Å²) in [6.45, 7) is 0. The van der Waals surface area contributed by atoms with E-state index in [1.165, 1.54) is 0 Å². The van der Waals surface area contributed by atoms with Gasteiger partial charge in [-0.15, -0.1) is 0 Å². The second-order valence-corrected chi connectivity index (χ2v) is 4.47. The Bertz CT molecular complexity index is 405. The Balaban J connectivity index is 1.98. The molecule has 0 aliphatic heterocycles. The van der Waals surface area contributed by atoms with Crippen LogP contribution in [0.2, 0.25) is 0 Å². The largest absolute Gasteiger partial charge is 0.387 e. The topological polar surface area (TPSA) is 63.2 Å². The van der Waals surface area contributed by atoms with Gasteiger partial charge < -0.3 is 15.4 Å². The molecule has 2 rings (SSSR count). The average molecular weight is 249 g/mol. The molecule has 0 bridgehead atoms. The molecule has 0 saturated heterocycles. The van der Waals surface area contributed by atoms with Crippen LogP contribution in [-0.4, -0.2) is 37.2 Å². The summed E-state index contributed by atoms with van der Waals surface area (Å²) in [5.41, 5.74) is 1.33. The lowest BCUT2D eigenvalue weighted by atomic mass is 10.2. The highest BCUT2D eigenvalue weighted by Crippen LogP contribution is 2.21. The molecule has 0 aromatic carbocycles. The molecule has 1 aromatic heterocycles. The van der Waals surface area contributed by atoms with Gasteiger partial charge in [0.15, 0.2) is 0 Å². The number of hydrogen-bond acceptors (Lipinski definition) is 4. The first kappa shape index (κ1) is 12.8. The van der Waals surface area contributed by atoms with Gasteiger partial charge in [0.05, 0.1) is 24.0 Å². The number of hydrogen-bond donors (Lipinski definition) is 2. The number of nitrogens with one attached hydrogen (secondary N) is 2. The Labute approximate surface area is 107 Å². The Morgan fingerprint density at radius 1 is 1.44 bits per heavy atom. The molecule has 0 spiro atoms. The summed E-state index contributed by atoms with van der Waals surface area (Å²) < 4.78 is 5.35. The number of carbonyl (C=O) groups excluding carboxylic acids is 1. The minimum atomic E-state index is -0.133. The number of anilines is 1. The molecule has 1 amide bonds. The van der Waals surface area contributed by atoms with Gasteiger partial charge in [0.1, 0.15) is 5.69 Å². The number of rotatable bonds is 4. The molecule has 2 unspecified atom stereocenters. The van der Waals surface area contributed by atoms with Crippen molar-refractivity contribution in [2.75, 3.05) is 19.5 Å². The van der Waals surface area contributed by atoms with E-state index >= 15 is 0 Å². The minimum absolute atomic E-state index is 0.105. The maximum absolute atomic E-state index is 12.0. The third kappa shape index (κ3) is 2.79. The van der Waals surface area contributed by atoms with Crippen molar-refractivity contribution in [3.63, 3.8) is 0 Å². The van der Waals surface area contributed by atoms with Crippen LogP contribution in [0.15, 0.2) is 18.3 Å². The summed E-state index contributed by atoms with van der Waals surface area (Å²) in [7, 11) is 3.51. The van der Waals surface area contributed by atoms with Crippen LogP contribution >= 0.6 is 0 Å². The highest BCUT2D eigenvalue weighted by molar-refractivity contribution is 5.92. The maximum Gasteiger partial charge on any atom is 0.270 e. The maximum atomic E-state index is 12.0. The van der Waals surface area contributed by atoms with E-state index in [1.54, 1.807) is 19.4 Å². The van der Waals surface area contributed by atoms with Crippen LogP contribution < -0.4 is 10.6 Å². The standard InChI is InChI=1S/C13H19N3O2/c1-14-9-6-7-11(15-8-9)13(17)16-10-4-3-5-12(10)18-2/h6-8,10,12,14H,3-5H2,1-2H3,(H,16,17). The molecule has 1 aliphatic rings. The highest BCUT2D eigenvalue weighted by Gasteiger charge is 2.28. The van der Waals surface area contributed by atoms with Gasteiger partial charge >= 0.3 is 0 Å². The molecule has 1 saturated carbocycles. The molecular formula is C13H19N3O2. The lowest BCUT2D eigenvalue weighted by molar-refractivity contribution is 0.0719. The Morgan fingerprint density at radius 2 is 2.28 bits per heavy atom. The normalized spacial score (nSPS) is 22.8. The molecule has 5 heteroatoms. The summed E-state index contributed by atoms with van der Waals surface area (Å²) >= 11 is 0. The third-order valence-electron chi connectivity index (χ3n) is 3.36. The van der Waals surface area contributed by atoms with Gasteiger partial charge in [0, 0.05) is 14.2 Å². The van der Waals surface area contributed by atoms with Crippen LogP contribution in [0.3, 0.4) is 0 Å². The second-order valence-electron chi connectivity index (χ2n) is 4.47. The van der Waals surface area contributed by atoms with Crippen molar-refractivity contribution in [3.05, 3.63) is 24.0 Å². The Hall–Kier alpha value is -1.62. The second kappa shape index (κ2) is 5.82. The molecule has 1 aliphatic carbocycles. The summed E-state index contributed by atoms with van der Waals surface area (Å²) in [6.07, 6.45) is 4.85. The summed E-state index contributed by atoms with van der Waals surface area (Å²) in [5.74, 6) is -0.133. The van der Waals surface area contributed by atoms with Gasteiger partial charge in [0.25, 0.3) is 5.91 Å². The van der Waals surface area contributed by atoms with E-state index < -0.39 is 0 Å². The van der Waals surface area contributed by atoms with E-state index in [4.69, 9.17) is 4.74 Å². The minimum Gasteiger partial charge on any atom is -0.387 e. The van der Waals surface area contributed by atoms with Gasteiger partial charge in [-0.1, -0.05) is 0 Å². The van der Waals surface area contributed by atoms with Crippen LogP contribution in [0.4, 0.5) is 5.69 Å². The van der Waals surface area contributed by atoms with E-state index in [0.29, 0.717) is 5.69 Å². The number of amides is 1. The number of aromatic nitrogens is 1. The fraction of sp³-hybridized carbons (Fsp3) is 0.538. The number of carbonyl (C=O) groups is 1. The zero-order chi connectivity index (χ0) is 13.0. The van der Waals surface area contributed by atoms with Crippen molar-refractivity contribution < 1.29 is 9.53 Å².